The predicted octanol–water partition coefficient (Wildman–Crippen LogP) is 4.18. The second-order valence-corrected chi connectivity index (χ2v) is 6.67. The molecule has 0 spiro atoms. The van der Waals surface area contributed by atoms with Crippen LogP contribution in [0.2, 0.25) is 0 Å². The largest absolute Gasteiger partial charge is 0.281 e. The Hall–Kier alpha value is 0.560. The lowest BCUT2D eigenvalue weighted by Crippen LogP contribution is -2.49. The van der Waals surface area contributed by atoms with Gasteiger partial charge in [-0.3, -0.25) is 9.59 Å². The highest BCUT2D eigenvalue weighted by molar-refractivity contribution is 6.76. The summed E-state index contributed by atoms with van der Waals surface area (Å²) in [5.74, 6) is -1.24. The van der Waals surface area contributed by atoms with E-state index in [0.717, 1.165) is 0 Å². The minimum Gasteiger partial charge on any atom is -0.281 e. The van der Waals surface area contributed by atoms with E-state index in [-0.39, 0.29) is 5.03 Å². The molecule has 0 aromatic heterocycles. The van der Waals surface area contributed by atoms with Crippen molar-refractivity contribution in [2.45, 2.75) is 3.79 Å². The highest BCUT2D eigenvalue weighted by Gasteiger charge is 2.62. The third-order valence-electron chi connectivity index (χ3n) is 2.39. The molecule has 0 saturated heterocycles. The van der Waals surface area contributed by atoms with Crippen molar-refractivity contribution in [3.05, 3.63) is 23.3 Å². The molecule has 0 aromatic rings. The van der Waals surface area contributed by atoms with Crippen molar-refractivity contribution in [2.24, 2.45) is 11.3 Å². The zero-order chi connectivity index (χ0) is 13.4. The molecule has 1 rings (SSSR count). The number of carbonyl (C=O) groups excluding carboxylic acids is 2. The lowest BCUT2D eigenvalue weighted by atomic mass is 9.75. The zero-order valence-electron chi connectivity index (χ0n) is 7.89. The maximum Gasteiger partial charge on any atom is 0.238 e. The van der Waals surface area contributed by atoms with Gasteiger partial charge in [-0.25, -0.2) is 0 Å². The van der Waals surface area contributed by atoms with Crippen molar-refractivity contribution >= 4 is 80.1 Å². The Labute approximate surface area is 127 Å². The van der Waals surface area contributed by atoms with Gasteiger partial charge >= 0.3 is 0 Å². The molecule has 0 aliphatic heterocycles. The first kappa shape index (κ1) is 15.6. The second kappa shape index (κ2) is 5.28. The number of hydrogen-bond donors (Lipinski definition) is 0. The fraction of sp³-hybridized carbons (Fsp3) is 0.333. The molecule has 1 aliphatic rings. The van der Waals surface area contributed by atoms with Gasteiger partial charge in [-0.1, -0.05) is 58.6 Å². The highest BCUT2D eigenvalue weighted by atomic mass is 35.6. The Kier molecular flexibility index (Phi) is 4.85. The van der Waals surface area contributed by atoms with E-state index in [2.05, 4.69) is 0 Å². The van der Waals surface area contributed by atoms with Gasteiger partial charge in [0.2, 0.25) is 14.3 Å². The minimum absolute atomic E-state index is 0.154. The first-order valence-electron chi connectivity index (χ1n) is 4.16. The van der Waals surface area contributed by atoms with Crippen LogP contribution >= 0.6 is 69.6 Å². The standard InChI is InChI=1S/C9H4Cl6O2/c10-5-3-1-2-4(6(11)16)8(5,7(12)17)9(13,14)15/h1-4H. The summed E-state index contributed by atoms with van der Waals surface area (Å²) in [4.78, 5) is 23.0. The van der Waals surface area contributed by atoms with Crippen LogP contribution < -0.4 is 0 Å². The number of rotatable bonds is 2. The van der Waals surface area contributed by atoms with Crippen molar-refractivity contribution in [1.82, 2.24) is 0 Å². The van der Waals surface area contributed by atoms with Crippen LogP contribution in [0.15, 0.2) is 23.3 Å². The van der Waals surface area contributed by atoms with Crippen molar-refractivity contribution in [3.63, 3.8) is 0 Å². The quantitative estimate of drug-likeness (QED) is 0.549. The lowest BCUT2D eigenvalue weighted by molar-refractivity contribution is -0.126. The SMILES string of the molecule is O=C(Cl)C1C=CC=C(Cl)C1(C(=O)Cl)C(Cl)(Cl)Cl. The van der Waals surface area contributed by atoms with E-state index in [9.17, 15) is 9.59 Å². The third-order valence-corrected chi connectivity index (χ3v) is 4.24. The number of hydrogen-bond acceptors (Lipinski definition) is 2. The van der Waals surface area contributed by atoms with Gasteiger partial charge in [0.15, 0.2) is 0 Å². The molecule has 0 fully saturated rings. The van der Waals surface area contributed by atoms with Crippen LogP contribution in [0.4, 0.5) is 0 Å². The van der Waals surface area contributed by atoms with Gasteiger partial charge in [0.05, 0.1) is 5.92 Å². The molecule has 8 heteroatoms. The van der Waals surface area contributed by atoms with Crippen LogP contribution in [-0.4, -0.2) is 14.3 Å². The summed E-state index contributed by atoms with van der Waals surface area (Å²) in [6.45, 7) is 0. The van der Waals surface area contributed by atoms with E-state index in [1.807, 2.05) is 0 Å². The molecular formula is C9H4Cl6O2. The summed E-state index contributed by atoms with van der Waals surface area (Å²) >= 11 is 34.0. The van der Waals surface area contributed by atoms with Gasteiger partial charge in [0.25, 0.3) is 0 Å². The maximum atomic E-state index is 11.6. The second-order valence-electron chi connectivity index (χ2n) is 3.26. The normalized spacial score (nSPS) is 28.8. The molecule has 0 saturated carbocycles. The monoisotopic (exact) mass is 354 g/mol. The van der Waals surface area contributed by atoms with Crippen LogP contribution in [-0.2, 0) is 9.59 Å². The Morgan fingerprint density at radius 3 is 2.06 bits per heavy atom. The first-order chi connectivity index (χ1) is 7.65. The van der Waals surface area contributed by atoms with Gasteiger partial charge in [-0.2, -0.15) is 0 Å². The van der Waals surface area contributed by atoms with Crippen molar-refractivity contribution in [1.29, 1.82) is 0 Å². The molecule has 1 aliphatic carbocycles. The number of allylic oxidation sites excluding steroid dienone is 4. The summed E-state index contributed by atoms with van der Waals surface area (Å²) in [6, 6.07) is 0. The van der Waals surface area contributed by atoms with E-state index in [4.69, 9.17) is 69.6 Å². The van der Waals surface area contributed by atoms with Gasteiger partial charge in [0, 0.05) is 5.03 Å². The molecule has 0 radical (unpaired) electrons. The Morgan fingerprint density at radius 1 is 1.24 bits per heavy atom. The molecule has 2 unspecified atom stereocenters. The molecule has 0 amide bonds. The summed E-state index contributed by atoms with van der Waals surface area (Å²) < 4.78 is -2.21. The van der Waals surface area contributed by atoms with Crippen molar-refractivity contribution in [3.8, 4) is 0 Å². The van der Waals surface area contributed by atoms with E-state index < -0.39 is 25.6 Å². The lowest BCUT2D eigenvalue weighted by Gasteiger charge is -2.40. The average Bonchev–Trinajstić information content (AvgIpc) is 2.14. The number of alkyl halides is 3. The maximum absolute atomic E-state index is 11.6. The molecular weight excluding hydrogens is 353 g/mol. The average molecular weight is 357 g/mol. The van der Waals surface area contributed by atoms with Crippen LogP contribution in [0.1, 0.15) is 0 Å². The molecule has 94 valence electrons. The summed E-state index contributed by atoms with van der Waals surface area (Å²) in [5, 5.41) is -2.12. The topological polar surface area (TPSA) is 34.1 Å². The van der Waals surface area contributed by atoms with Gasteiger partial charge in [0.1, 0.15) is 5.41 Å². The van der Waals surface area contributed by atoms with Crippen LogP contribution in [0.5, 0.6) is 0 Å². The van der Waals surface area contributed by atoms with Crippen LogP contribution in [0.25, 0.3) is 0 Å². The fourth-order valence-corrected chi connectivity index (χ4v) is 3.83. The van der Waals surface area contributed by atoms with E-state index >= 15 is 0 Å². The van der Waals surface area contributed by atoms with Crippen molar-refractivity contribution < 1.29 is 9.59 Å². The van der Waals surface area contributed by atoms with Crippen LogP contribution in [0.3, 0.4) is 0 Å². The van der Waals surface area contributed by atoms with E-state index in [1.165, 1.54) is 18.2 Å². The summed E-state index contributed by atoms with van der Waals surface area (Å²) in [6.07, 6.45) is 4.06. The van der Waals surface area contributed by atoms with Gasteiger partial charge in [-0.05, 0) is 29.3 Å². The molecule has 2 nitrogen and oxygen atoms in total. The minimum atomic E-state index is -2.21. The molecule has 17 heavy (non-hydrogen) atoms. The smallest absolute Gasteiger partial charge is 0.238 e. The summed E-state index contributed by atoms with van der Waals surface area (Å²) in [5.41, 5.74) is -2.01. The zero-order valence-corrected chi connectivity index (χ0v) is 12.4. The van der Waals surface area contributed by atoms with Crippen molar-refractivity contribution in [2.75, 3.05) is 0 Å². The Morgan fingerprint density at radius 2 is 1.76 bits per heavy atom. The van der Waals surface area contributed by atoms with Gasteiger partial charge < -0.3 is 0 Å². The number of carbonyl (C=O) groups is 2. The van der Waals surface area contributed by atoms with E-state index in [0.29, 0.717) is 0 Å². The van der Waals surface area contributed by atoms with Crippen LogP contribution in [0, 0.1) is 11.3 Å². The fourth-order valence-electron chi connectivity index (χ4n) is 1.56. The highest BCUT2D eigenvalue weighted by Crippen LogP contribution is 2.58. The molecule has 0 N–H and O–H groups in total. The molecule has 0 bridgehead atoms. The number of halogens is 6. The Balaban J connectivity index is 3.54. The van der Waals surface area contributed by atoms with E-state index in [1.54, 1.807) is 0 Å². The first-order valence-corrected chi connectivity index (χ1v) is 6.43. The van der Waals surface area contributed by atoms with Gasteiger partial charge in [-0.15, -0.1) is 0 Å². The molecule has 0 aromatic carbocycles. The summed E-state index contributed by atoms with van der Waals surface area (Å²) in [7, 11) is 0. The molecule has 0 heterocycles. The predicted molar refractivity (Wildman–Crippen MR) is 71.0 cm³/mol. The Bertz CT molecular complexity index is 422. The third kappa shape index (κ3) is 2.49. The molecule has 2 atom stereocenters.